The number of carbonyl (C=O) groups is 1. The summed E-state index contributed by atoms with van der Waals surface area (Å²) < 4.78 is 27.7. The Morgan fingerprint density at radius 2 is 1.84 bits per heavy atom. The number of rotatable bonds is 4. The van der Waals surface area contributed by atoms with E-state index in [0.29, 0.717) is 24.3 Å². The average molecular weight is 423 g/mol. The third-order valence-corrected chi connectivity index (χ3v) is 6.62. The summed E-state index contributed by atoms with van der Waals surface area (Å²) in [4.78, 5) is 12.7. The Labute approximate surface area is 156 Å². The maximum Gasteiger partial charge on any atom is 0.255 e. The van der Waals surface area contributed by atoms with E-state index in [9.17, 15) is 13.2 Å². The van der Waals surface area contributed by atoms with Crippen molar-refractivity contribution < 1.29 is 13.2 Å². The fourth-order valence-electron chi connectivity index (χ4n) is 2.84. The molecule has 5 nitrogen and oxygen atoms in total. The van der Waals surface area contributed by atoms with Crippen LogP contribution in [0.15, 0.2) is 51.8 Å². The molecule has 0 atom stereocenters. The van der Waals surface area contributed by atoms with Crippen LogP contribution in [0.25, 0.3) is 0 Å². The van der Waals surface area contributed by atoms with Crippen molar-refractivity contribution in [2.75, 3.05) is 18.4 Å². The number of sulfonamides is 1. The predicted octanol–water partition coefficient (Wildman–Crippen LogP) is 3.79. The lowest BCUT2D eigenvalue weighted by molar-refractivity contribution is 0.102. The average Bonchev–Trinajstić information content (AvgIpc) is 3.13. The molecule has 0 aromatic heterocycles. The highest BCUT2D eigenvalue weighted by molar-refractivity contribution is 9.10. The normalized spacial score (nSPS) is 15.3. The summed E-state index contributed by atoms with van der Waals surface area (Å²) in [7, 11) is -3.53. The van der Waals surface area contributed by atoms with Crippen LogP contribution in [-0.2, 0) is 10.0 Å². The number of aryl methyl sites for hydroxylation is 1. The first-order valence-electron chi connectivity index (χ1n) is 8.05. The van der Waals surface area contributed by atoms with Gasteiger partial charge in [-0.1, -0.05) is 22.0 Å². The van der Waals surface area contributed by atoms with Gasteiger partial charge in [0.2, 0.25) is 10.0 Å². The number of carbonyl (C=O) groups excluding carboxylic acids is 1. The summed E-state index contributed by atoms with van der Waals surface area (Å²) in [6, 6.07) is 11.8. The first kappa shape index (κ1) is 18.1. The van der Waals surface area contributed by atoms with Gasteiger partial charge in [0.25, 0.3) is 5.91 Å². The van der Waals surface area contributed by atoms with Gasteiger partial charge in [0.1, 0.15) is 0 Å². The maximum atomic E-state index is 12.6. The number of hydrogen-bond acceptors (Lipinski definition) is 3. The van der Waals surface area contributed by atoms with E-state index in [4.69, 9.17) is 0 Å². The van der Waals surface area contributed by atoms with E-state index in [0.717, 1.165) is 22.9 Å². The third kappa shape index (κ3) is 3.94. The molecule has 1 N–H and O–H groups in total. The zero-order chi connectivity index (χ0) is 18.0. The largest absolute Gasteiger partial charge is 0.322 e. The van der Waals surface area contributed by atoms with Crippen LogP contribution in [0, 0.1) is 6.92 Å². The molecular formula is C18H19BrN2O3S. The first-order chi connectivity index (χ1) is 11.9. The van der Waals surface area contributed by atoms with Gasteiger partial charge in [0.05, 0.1) is 4.90 Å². The number of amides is 1. The van der Waals surface area contributed by atoms with Crippen molar-refractivity contribution in [3.63, 3.8) is 0 Å². The lowest BCUT2D eigenvalue weighted by Crippen LogP contribution is -2.28. The second-order valence-electron chi connectivity index (χ2n) is 6.05. The zero-order valence-corrected chi connectivity index (χ0v) is 16.2. The molecule has 25 heavy (non-hydrogen) atoms. The quantitative estimate of drug-likeness (QED) is 0.814. The lowest BCUT2D eigenvalue weighted by atomic mass is 10.1. The molecule has 7 heteroatoms. The topological polar surface area (TPSA) is 66.5 Å². The number of nitrogens with zero attached hydrogens (tertiary/aromatic N) is 1. The van der Waals surface area contributed by atoms with Gasteiger partial charge in [-0.25, -0.2) is 8.42 Å². The Morgan fingerprint density at radius 3 is 2.52 bits per heavy atom. The number of nitrogens with one attached hydrogen (secondary N) is 1. The molecule has 2 aromatic rings. The van der Waals surface area contributed by atoms with Crippen LogP contribution in [0.2, 0.25) is 0 Å². The summed E-state index contributed by atoms with van der Waals surface area (Å²) in [5, 5.41) is 2.83. The van der Waals surface area contributed by atoms with E-state index in [-0.39, 0.29) is 10.8 Å². The minimum atomic E-state index is -3.53. The minimum absolute atomic E-state index is 0.162. The molecule has 0 unspecified atom stereocenters. The third-order valence-electron chi connectivity index (χ3n) is 4.24. The van der Waals surface area contributed by atoms with E-state index in [1.54, 1.807) is 12.1 Å². The van der Waals surface area contributed by atoms with E-state index < -0.39 is 10.0 Å². The van der Waals surface area contributed by atoms with Gasteiger partial charge in [-0.05, 0) is 61.7 Å². The van der Waals surface area contributed by atoms with Gasteiger partial charge in [-0.15, -0.1) is 0 Å². The van der Waals surface area contributed by atoms with E-state index >= 15 is 0 Å². The van der Waals surface area contributed by atoms with E-state index in [1.807, 2.05) is 25.1 Å². The molecule has 1 amide bonds. The van der Waals surface area contributed by atoms with Gasteiger partial charge < -0.3 is 5.32 Å². The van der Waals surface area contributed by atoms with E-state index in [2.05, 4.69) is 21.2 Å². The van der Waals surface area contributed by atoms with Gasteiger partial charge >= 0.3 is 0 Å². The Hall–Kier alpha value is -1.70. The molecule has 0 bridgehead atoms. The Morgan fingerprint density at radius 1 is 1.12 bits per heavy atom. The molecule has 1 aliphatic heterocycles. The molecule has 0 spiro atoms. The highest BCUT2D eigenvalue weighted by atomic mass is 79.9. The van der Waals surface area contributed by atoms with Crippen LogP contribution >= 0.6 is 15.9 Å². The molecular weight excluding hydrogens is 404 g/mol. The fourth-order valence-corrected chi connectivity index (χ4v) is 4.88. The van der Waals surface area contributed by atoms with Crippen molar-refractivity contribution in [3.8, 4) is 0 Å². The summed E-state index contributed by atoms with van der Waals surface area (Å²) in [5.41, 5.74) is 1.94. The molecule has 1 saturated heterocycles. The van der Waals surface area contributed by atoms with Crippen molar-refractivity contribution in [2.45, 2.75) is 24.7 Å². The number of halogens is 1. The summed E-state index contributed by atoms with van der Waals surface area (Å²) in [6.07, 6.45) is 1.75. The predicted molar refractivity (Wildman–Crippen MR) is 101 cm³/mol. The highest BCUT2D eigenvalue weighted by Crippen LogP contribution is 2.23. The monoisotopic (exact) mass is 422 g/mol. The van der Waals surface area contributed by atoms with Gasteiger partial charge in [0.15, 0.2) is 0 Å². The van der Waals surface area contributed by atoms with Crippen LogP contribution in [0.5, 0.6) is 0 Å². The number of benzene rings is 2. The molecule has 1 heterocycles. The molecule has 0 saturated carbocycles. The van der Waals surface area contributed by atoms with Crippen LogP contribution in [0.4, 0.5) is 5.69 Å². The van der Waals surface area contributed by atoms with Crippen LogP contribution in [0.1, 0.15) is 28.8 Å². The first-order valence-corrected chi connectivity index (χ1v) is 10.3. The molecule has 0 aliphatic carbocycles. The Kier molecular flexibility index (Phi) is 5.27. The van der Waals surface area contributed by atoms with Crippen molar-refractivity contribution in [3.05, 3.63) is 58.1 Å². The van der Waals surface area contributed by atoms with Crippen molar-refractivity contribution in [1.82, 2.24) is 4.31 Å². The minimum Gasteiger partial charge on any atom is -0.322 e. The van der Waals surface area contributed by atoms with Crippen LogP contribution < -0.4 is 5.32 Å². The summed E-state index contributed by atoms with van der Waals surface area (Å²) in [5.74, 6) is -0.330. The molecule has 2 aromatic carbocycles. The van der Waals surface area contributed by atoms with Gasteiger partial charge in [-0.2, -0.15) is 4.31 Å². The standard InChI is InChI=1S/C18H19BrN2O3S/c1-13-11-15(19)7-8-17(13)20-18(22)14-5-4-6-16(12-14)25(23,24)21-9-2-3-10-21/h4-8,11-12H,2-3,9-10H2,1H3,(H,20,22). The Balaban J connectivity index is 1.84. The smallest absolute Gasteiger partial charge is 0.255 e. The molecule has 0 radical (unpaired) electrons. The second-order valence-corrected chi connectivity index (χ2v) is 8.91. The number of anilines is 1. The van der Waals surface area contributed by atoms with Crippen LogP contribution in [-0.4, -0.2) is 31.7 Å². The van der Waals surface area contributed by atoms with Gasteiger partial charge in [-0.3, -0.25) is 4.79 Å². The maximum absolute atomic E-state index is 12.6. The second kappa shape index (κ2) is 7.27. The summed E-state index contributed by atoms with van der Waals surface area (Å²) in [6.45, 7) is 2.97. The van der Waals surface area contributed by atoms with Crippen molar-refractivity contribution in [1.29, 1.82) is 0 Å². The van der Waals surface area contributed by atoms with Crippen LogP contribution in [0.3, 0.4) is 0 Å². The highest BCUT2D eigenvalue weighted by Gasteiger charge is 2.27. The van der Waals surface area contributed by atoms with Crippen molar-refractivity contribution >= 4 is 37.5 Å². The van der Waals surface area contributed by atoms with Gasteiger partial charge in [0, 0.05) is 28.8 Å². The molecule has 1 fully saturated rings. The lowest BCUT2D eigenvalue weighted by Gasteiger charge is -2.16. The molecule has 132 valence electrons. The Bertz CT molecular complexity index is 906. The molecule has 1 aliphatic rings. The zero-order valence-electron chi connectivity index (χ0n) is 13.8. The SMILES string of the molecule is Cc1cc(Br)ccc1NC(=O)c1cccc(S(=O)(=O)N2CCCC2)c1. The molecule has 3 rings (SSSR count). The fraction of sp³-hybridized carbons (Fsp3) is 0.278. The van der Waals surface area contributed by atoms with E-state index in [1.165, 1.54) is 16.4 Å². The van der Waals surface area contributed by atoms with Crippen molar-refractivity contribution in [2.24, 2.45) is 0 Å². The summed E-state index contributed by atoms with van der Waals surface area (Å²) >= 11 is 3.39. The number of hydrogen-bond donors (Lipinski definition) is 1.